The van der Waals surface area contributed by atoms with E-state index in [1.807, 2.05) is 0 Å². The van der Waals surface area contributed by atoms with Crippen LogP contribution in [-0.4, -0.2) is 23.7 Å². The van der Waals surface area contributed by atoms with Gasteiger partial charge in [0.1, 0.15) is 11.2 Å². The third-order valence-electron chi connectivity index (χ3n) is 3.44. The first-order valence-corrected chi connectivity index (χ1v) is 7.56. The van der Waals surface area contributed by atoms with Crippen molar-refractivity contribution in [2.24, 2.45) is 5.41 Å². The van der Waals surface area contributed by atoms with E-state index in [4.69, 9.17) is 4.74 Å². The minimum atomic E-state index is -0.803. The standard InChI is InChI=1S/C13H21BrO3/c1-2-17-12(16)13(8-4-3-5-10-14)9-6-7-11(13)15/h2-10H2,1H3. The zero-order valence-corrected chi connectivity index (χ0v) is 12.1. The summed E-state index contributed by atoms with van der Waals surface area (Å²) in [5.74, 6) is -0.198. The molecule has 0 aromatic rings. The maximum atomic E-state index is 12.0. The Labute approximate surface area is 111 Å². The van der Waals surface area contributed by atoms with Gasteiger partial charge < -0.3 is 4.74 Å². The monoisotopic (exact) mass is 304 g/mol. The lowest BCUT2D eigenvalue weighted by Gasteiger charge is -2.24. The fraction of sp³-hybridized carbons (Fsp3) is 0.846. The van der Waals surface area contributed by atoms with E-state index in [0.29, 0.717) is 25.9 Å². The summed E-state index contributed by atoms with van der Waals surface area (Å²) in [5.41, 5.74) is -0.803. The second-order valence-electron chi connectivity index (χ2n) is 4.58. The summed E-state index contributed by atoms with van der Waals surface area (Å²) in [5, 5.41) is 0.980. The van der Waals surface area contributed by atoms with Gasteiger partial charge in [0.05, 0.1) is 6.61 Å². The number of rotatable bonds is 7. The normalized spacial score (nSPS) is 24.0. The molecule has 0 aromatic carbocycles. The molecule has 1 fully saturated rings. The van der Waals surface area contributed by atoms with Gasteiger partial charge in [0.15, 0.2) is 0 Å². The topological polar surface area (TPSA) is 43.4 Å². The minimum absolute atomic E-state index is 0.0924. The molecule has 0 bridgehead atoms. The largest absolute Gasteiger partial charge is 0.465 e. The van der Waals surface area contributed by atoms with E-state index in [0.717, 1.165) is 31.0 Å². The number of carbonyl (C=O) groups is 2. The lowest BCUT2D eigenvalue weighted by atomic mass is 9.80. The van der Waals surface area contributed by atoms with Crippen molar-refractivity contribution in [1.82, 2.24) is 0 Å². The van der Waals surface area contributed by atoms with Crippen molar-refractivity contribution in [2.75, 3.05) is 11.9 Å². The number of alkyl halides is 1. The Kier molecular flexibility index (Phi) is 6.17. The van der Waals surface area contributed by atoms with E-state index in [1.165, 1.54) is 0 Å². The van der Waals surface area contributed by atoms with Gasteiger partial charge in [-0.1, -0.05) is 28.8 Å². The van der Waals surface area contributed by atoms with E-state index in [1.54, 1.807) is 6.92 Å². The molecule has 1 rings (SSSR count). The first kappa shape index (κ1) is 14.7. The summed E-state index contributed by atoms with van der Waals surface area (Å²) in [6.45, 7) is 2.14. The predicted octanol–water partition coefficient (Wildman–Crippen LogP) is 3.24. The molecule has 0 heterocycles. The molecule has 1 aliphatic rings. The maximum absolute atomic E-state index is 12.0. The molecule has 0 spiro atoms. The van der Waals surface area contributed by atoms with Crippen molar-refractivity contribution < 1.29 is 14.3 Å². The Balaban J connectivity index is 2.60. The average Bonchev–Trinajstić information content (AvgIpc) is 2.68. The molecule has 1 saturated carbocycles. The molecule has 1 aliphatic carbocycles. The third kappa shape index (κ3) is 3.54. The molecule has 1 atom stereocenters. The van der Waals surface area contributed by atoms with Crippen molar-refractivity contribution in [1.29, 1.82) is 0 Å². The molecular formula is C13H21BrO3. The summed E-state index contributed by atoms with van der Waals surface area (Å²) in [7, 11) is 0. The highest BCUT2D eigenvalue weighted by atomic mass is 79.9. The Morgan fingerprint density at radius 2 is 2.18 bits per heavy atom. The summed E-state index contributed by atoms with van der Waals surface area (Å²) in [6, 6.07) is 0. The van der Waals surface area contributed by atoms with Crippen LogP contribution >= 0.6 is 15.9 Å². The zero-order valence-electron chi connectivity index (χ0n) is 10.5. The molecule has 0 aromatic heterocycles. The van der Waals surface area contributed by atoms with Crippen LogP contribution < -0.4 is 0 Å². The minimum Gasteiger partial charge on any atom is -0.465 e. The van der Waals surface area contributed by atoms with Crippen LogP contribution in [0, 0.1) is 5.41 Å². The van der Waals surface area contributed by atoms with E-state index in [9.17, 15) is 9.59 Å². The van der Waals surface area contributed by atoms with Gasteiger partial charge in [-0.3, -0.25) is 9.59 Å². The Morgan fingerprint density at radius 1 is 1.41 bits per heavy atom. The van der Waals surface area contributed by atoms with Gasteiger partial charge in [-0.05, 0) is 32.6 Å². The predicted molar refractivity (Wildman–Crippen MR) is 70.2 cm³/mol. The lowest BCUT2D eigenvalue weighted by molar-refractivity contribution is -0.159. The molecule has 98 valence electrons. The van der Waals surface area contributed by atoms with Gasteiger partial charge in [0, 0.05) is 11.8 Å². The van der Waals surface area contributed by atoms with Crippen LogP contribution in [0.5, 0.6) is 0 Å². The molecule has 0 amide bonds. The van der Waals surface area contributed by atoms with Crippen LogP contribution in [-0.2, 0) is 14.3 Å². The average molecular weight is 305 g/mol. The summed E-state index contributed by atoms with van der Waals surface area (Å²) >= 11 is 3.38. The highest BCUT2D eigenvalue weighted by Gasteiger charge is 2.48. The first-order chi connectivity index (χ1) is 8.17. The van der Waals surface area contributed by atoms with Gasteiger partial charge in [0.2, 0.25) is 0 Å². The number of halogens is 1. The first-order valence-electron chi connectivity index (χ1n) is 6.44. The summed E-state index contributed by atoms with van der Waals surface area (Å²) in [4.78, 5) is 24.0. The van der Waals surface area contributed by atoms with Gasteiger partial charge in [0.25, 0.3) is 0 Å². The Hall–Kier alpha value is -0.380. The maximum Gasteiger partial charge on any atom is 0.319 e. The molecule has 0 N–H and O–H groups in total. The lowest BCUT2D eigenvalue weighted by Crippen LogP contribution is -2.37. The van der Waals surface area contributed by atoms with Crippen molar-refractivity contribution in [3.8, 4) is 0 Å². The zero-order chi connectivity index (χ0) is 12.7. The van der Waals surface area contributed by atoms with Crippen LogP contribution in [0.2, 0.25) is 0 Å². The number of carbonyl (C=O) groups excluding carboxylic acids is 2. The van der Waals surface area contributed by atoms with Crippen molar-refractivity contribution in [2.45, 2.75) is 51.9 Å². The number of hydrogen-bond donors (Lipinski definition) is 0. The molecule has 4 heteroatoms. The molecule has 17 heavy (non-hydrogen) atoms. The third-order valence-corrected chi connectivity index (χ3v) is 4.01. The number of ether oxygens (including phenoxy) is 1. The molecule has 1 unspecified atom stereocenters. The van der Waals surface area contributed by atoms with Gasteiger partial charge in [-0.25, -0.2) is 0 Å². The van der Waals surface area contributed by atoms with E-state index in [2.05, 4.69) is 15.9 Å². The number of esters is 1. The van der Waals surface area contributed by atoms with Gasteiger partial charge in [-0.15, -0.1) is 0 Å². The van der Waals surface area contributed by atoms with Crippen LogP contribution in [0.25, 0.3) is 0 Å². The number of hydrogen-bond acceptors (Lipinski definition) is 3. The number of unbranched alkanes of at least 4 members (excludes halogenated alkanes) is 2. The summed E-state index contributed by atoms with van der Waals surface area (Å²) < 4.78 is 5.09. The molecule has 0 saturated heterocycles. The molecular weight excluding hydrogens is 284 g/mol. The van der Waals surface area contributed by atoms with E-state index >= 15 is 0 Å². The summed E-state index contributed by atoms with van der Waals surface area (Å²) in [6.07, 6.45) is 5.78. The highest BCUT2D eigenvalue weighted by Crippen LogP contribution is 2.40. The van der Waals surface area contributed by atoms with Crippen LogP contribution in [0.15, 0.2) is 0 Å². The second kappa shape index (κ2) is 7.14. The highest BCUT2D eigenvalue weighted by molar-refractivity contribution is 9.09. The van der Waals surface area contributed by atoms with Crippen LogP contribution in [0.4, 0.5) is 0 Å². The molecule has 0 aliphatic heterocycles. The smallest absolute Gasteiger partial charge is 0.319 e. The van der Waals surface area contributed by atoms with E-state index in [-0.39, 0.29) is 11.8 Å². The van der Waals surface area contributed by atoms with Gasteiger partial charge in [-0.2, -0.15) is 0 Å². The number of ketones is 1. The van der Waals surface area contributed by atoms with Crippen molar-refractivity contribution in [3.05, 3.63) is 0 Å². The van der Waals surface area contributed by atoms with Crippen LogP contribution in [0.3, 0.4) is 0 Å². The SMILES string of the molecule is CCOC(=O)C1(CCCCCBr)CCCC1=O. The fourth-order valence-electron chi connectivity index (χ4n) is 2.48. The molecule has 0 radical (unpaired) electrons. The van der Waals surface area contributed by atoms with Crippen molar-refractivity contribution >= 4 is 27.7 Å². The molecule has 3 nitrogen and oxygen atoms in total. The van der Waals surface area contributed by atoms with Crippen molar-refractivity contribution in [3.63, 3.8) is 0 Å². The Bertz CT molecular complexity index is 278. The quantitative estimate of drug-likeness (QED) is 0.314. The Morgan fingerprint density at radius 3 is 2.71 bits per heavy atom. The number of Topliss-reactive ketones (excluding diaryl/α,β-unsaturated/α-hetero) is 1. The van der Waals surface area contributed by atoms with Gasteiger partial charge >= 0.3 is 5.97 Å². The second-order valence-corrected chi connectivity index (χ2v) is 5.37. The van der Waals surface area contributed by atoms with Crippen LogP contribution in [0.1, 0.15) is 51.9 Å². The fourth-order valence-corrected chi connectivity index (χ4v) is 2.88. The van der Waals surface area contributed by atoms with E-state index < -0.39 is 5.41 Å².